The summed E-state index contributed by atoms with van der Waals surface area (Å²) in [6.45, 7) is 2.25. The van der Waals surface area contributed by atoms with Crippen LogP contribution in [0.2, 0.25) is 0 Å². The molecule has 17 heavy (non-hydrogen) atoms. The molecule has 0 saturated heterocycles. The van der Waals surface area contributed by atoms with E-state index in [1.807, 2.05) is 0 Å². The molecular weight excluding hydrogens is 256 g/mol. The van der Waals surface area contributed by atoms with Crippen LogP contribution < -0.4 is 5.73 Å². The van der Waals surface area contributed by atoms with Gasteiger partial charge in [0.05, 0.1) is 5.76 Å². The molecule has 0 aliphatic heterocycles. The van der Waals surface area contributed by atoms with Gasteiger partial charge in [-0.2, -0.15) is 0 Å². The van der Waals surface area contributed by atoms with Crippen LogP contribution in [-0.4, -0.2) is 16.9 Å². The monoisotopic (exact) mass is 274 g/mol. The van der Waals surface area contributed by atoms with Crippen LogP contribution in [0, 0.1) is 5.82 Å². The fourth-order valence-electron chi connectivity index (χ4n) is 1.55. The van der Waals surface area contributed by atoms with Crippen LogP contribution in [0.3, 0.4) is 0 Å². The number of halogens is 1. The van der Waals surface area contributed by atoms with Gasteiger partial charge in [0, 0.05) is 5.92 Å². The molecule has 0 aromatic heterocycles. The van der Waals surface area contributed by atoms with Crippen molar-refractivity contribution < 1.29 is 26.5 Å². The first kappa shape index (κ1) is 16.1. The fraction of sp³-hybridized carbons (Fsp3) is 0.308. The molecule has 1 aromatic carbocycles. The number of aliphatic hydroxyl groups is 1. The number of rotatable bonds is 4. The molecule has 1 unspecified atom stereocenters. The van der Waals surface area contributed by atoms with Gasteiger partial charge in [-0.3, -0.25) is 0 Å². The van der Waals surface area contributed by atoms with Gasteiger partial charge >= 0.3 is 22.2 Å². The molecule has 1 atom stereocenters. The van der Waals surface area contributed by atoms with Crippen molar-refractivity contribution in [2.45, 2.75) is 19.3 Å². The van der Waals surface area contributed by atoms with Crippen molar-refractivity contribution in [1.82, 2.24) is 0 Å². The zero-order valence-electron chi connectivity index (χ0n) is 9.94. The molecule has 0 aliphatic carbocycles. The van der Waals surface area contributed by atoms with Gasteiger partial charge < -0.3 is 10.8 Å². The fourth-order valence-corrected chi connectivity index (χ4v) is 1.55. The molecule has 2 nitrogen and oxygen atoms in total. The summed E-state index contributed by atoms with van der Waals surface area (Å²) in [4.78, 5) is 0. The molecule has 0 radical (unpaired) electrons. The van der Waals surface area contributed by atoms with E-state index in [1.165, 1.54) is 12.1 Å². The van der Waals surface area contributed by atoms with E-state index < -0.39 is 0 Å². The van der Waals surface area contributed by atoms with Gasteiger partial charge in [0.2, 0.25) is 0 Å². The molecule has 93 valence electrons. The van der Waals surface area contributed by atoms with Gasteiger partial charge in [-0.05, 0) is 43.7 Å². The van der Waals surface area contributed by atoms with Crippen molar-refractivity contribution in [2.24, 2.45) is 5.73 Å². The van der Waals surface area contributed by atoms with Gasteiger partial charge in [-0.1, -0.05) is 12.1 Å². The number of aliphatic hydroxyl groups excluding tert-OH is 1. The first-order valence-electron chi connectivity index (χ1n) is 5.31. The van der Waals surface area contributed by atoms with Gasteiger partial charge in [0.25, 0.3) is 0 Å². The second kappa shape index (κ2) is 9.17. The molecule has 0 aliphatic rings. The standard InChI is InChI=1S/C12H16FNO.CH2.V/c1-2-12(15)11(7-8-14)9-3-5-10(13)6-4-9;;/h2-6,11,15H,7-8,14H2,1H3;1H2;/b12-2-;;. The Kier molecular flexibility index (Phi) is 8.68. The zero-order chi connectivity index (χ0) is 13.3. The molecule has 0 spiro atoms. The number of allylic oxidation sites excluding steroid dienone is 2. The first-order chi connectivity index (χ1) is 8.19. The Balaban J connectivity index is 0.00000121. The number of hydrogen-bond donors (Lipinski definition) is 2. The Morgan fingerprint density at radius 1 is 1.47 bits per heavy atom. The summed E-state index contributed by atoms with van der Waals surface area (Å²) >= 11 is 2.06. The van der Waals surface area contributed by atoms with E-state index >= 15 is 0 Å². The van der Waals surface area contributed by atoms with E-state index in [1.54, 1.807) is 25.1 Å². The average molecular weight is 274 g/mol. The molecule has 0 saturated carbocycles. The topological polar surface area (TPSA) is 46.2 Å². The van der Waals surface area contributed by atoms with Crippen molar-refractivity contribution in [2.75, 3.05) is 6.54 Å². The second-order valence-corrected chi connectivity index (χ2v) is 3.40. The van der Waals surface area contributed by atoms with E-state index in [4.69, 9.17) is 5.73 Å². The van der Waals surface area contributed by atoms with Gasteiger partial charge in [0.1, 0.15) is 5.82 Å². The molecule has 3 N–H and O–H groups in total. The Bertz CT molecular complexity index is 351. The predicted molar refractivity (Wildman–Crippen MR) is 66.3 cm³/mol. The molecule has 4 heteroatoms. The quantitative estimate of drug-likeness (QED) is 0.829. The van der Waals surface area contributed by atoms with Crippen molar-refractivity contribution in [3.05, 3.63) is 47.5 Å². The third-order valence-corrected chi connectivity index (χ3v) is 2.38. The van der Waals surface area contributed by atoms with Crippen molar-refractivity contribution in [1.29, 1.82) is 0 Å². The van der Waals surface area contributed by atoms with E-state index in [2.05, 4.69) is 22.2 Å². The van der Waals surface area contributed by atoms with Crippen LogP contribution in [0.5, 0.6) is 0 Å². The first-order valence-corrected chi connectivity index (χ1v) is 6.30. The third-order valence-electron chi connectivity index (χ3n) is 2.38. The number of nitrogens with two attached hydrogens (primary N) is 1. The van der Waals surface area contributed by atoms with E-state index in [0.29, 0.717) is 13.0 Å². The molecule has 0 amide bonds. The van der Waals surface area contributed by atoms with Gasteiger partial charge in [-0.25, -0.2) is 4.39 Å². The summed E-state index contributed by atoms with van der Waals surface area (Å²) in [5, 5.41) is 12.9. The van der Waals surface area contributed by atoms with Crippen LogP contribution in [-0.2, 0) is 17.0 Å². The molecule has 0 fully saturated rings. The van der Waals surface area contributed by atoms with Crippen LogP contribution >= 0.6 is 0 Å². The summed E-state index contributed by atoms with van der Waals surface area (Å²) in [5.41, 5.74) is 6.36. The number of hydrogen-bond acceptors (Lipinski definition) is 2. The maximum atomic E-state index is 12.7. The Labute approximate surface area is 111 Å². The maximum absolute atomic E-state index is 12.7. The zero-order valence-corrected chi connectivity index (χ0v) is 11.3. The van der Waals surface area contributed by atoms with Crippen LogP contribution in [0.4, 0.5) is 4.39 Å². The minimum absolute atomic E-state index is 0.124. The van der Waals surface area contributed by atoms with Crippen LogP contribution in [0.1, 0.15) is 24.8 Å². The second-order valence-electron chi connectivity index (χ2n) is 3.40. The van der Waals surface area contributed by atoms with E-state index in [0.717, 1.165) is 5.56 Å². The summed E-state index contributed by atoms with van der Waals surface area (Å²) < 4.78 is 12.7. The molecular formula is C13H18FNOV. The normalized spacial score (nSPS) is 12.5. The summed E-state index contributed by atoms with van der Waals surface area (Å²) in [5.74, 6) is -0.113. The molecule has 1 rings (SSSR count). The minimum atomic E-state index is -0.273. The summed E-state index contributed by atoms with van der Waals surface area (Å²) in [6, 6.07) is 6.13. The average Bonchev–Trinajstić information content (AvgIpc) is 2.39. The summed E-state index contributed by atoms with van der Waals surface area (Å²) in [6.07, 6.45) is 2.30. The van der Waals surface area contributed by atoms with Crippen molar-refractivity contribution in [3.63, 3.8) is 0 Å². The van der Waals surface area contributed by atoms with Crippen LogP contribution in [0.15, 0.2) is 36.1 Å². The Hall–Kier alpha value is -0.896. The molecule has 1 aromatic rings. The van der Waals surface area contributed by atoms with Crippen LogP contribution in [0.25, 0.3) is 0 Å². The Morgan fingerprint density at radius 3 is 2.41 bits per heavy atom. The van der Waals surface area contributed by atoms with Crippen molar-refractivity contribution >= 4 is 5.23 Å². The van der Waals surface area contributed by atoms with E-state index in [-0.39, 0.29) is 17.5 Å². The molecule has 0 heterocycles. The van der Waals surface area contributed by atoms with Gasteiger partial charge in [0.15, 0.2) is 0 Å². The third kappa shape index (κ3) is 5.31. The van der Waals surface area contributed by atoms with E-state index in [9.17, 15) is 9.50 Å². The van der Waals surface area contributed by atoms with Crippen molar-refractivity contribution in [3.8, 4) is 0 Å². The SMILES string of the molecule is C/C=C(\O)C(CCN)c1ccc(F)cc1.[CH2]=[V]. The Morgan fingerprint density at radius 2 is 2.00 bits per heavy atom. The number of benzene rings is 1. The summed E-state index contributed by atoms with van der Waals surface area (Å²) in [7, 11) is 0. The molecule has 0 bridgehead atoms. The van der Waals surface area contributed by atoms with Gasteiger partial charge in [-0.15, -0.1) is 0 Å². The predicted octanol–water partition coefficient (Wildman–Crippen LogP) is 2.69.